The van der Waals surface area contributed by atoms with Crippen LogP contribution in [0.2, 0.25) is 0 Å². The van der Waals surface area contributed by atoms with Crippen LogP contribution in [0.4, 0.5) is 0 Å². The van der Waals surface area contributed by atoms with Crippen LogP contribution in [0.3, 0.4) is 0 Å². The first kappa shape index (κ1) is 35.1. The summed E-state index contributed by atoms with van der Waals surface area (Å²) in [5.74, 6) is 0.801. The maximum atomic E-state index is 10.4. The Kier molecular flexibility index (Phi) is 13.0. The molecular formula is C30H39Br4N3O3. The van der Waals surface area contributed by atoms with Crippen LogP contribution in [-0.2, 0) is 25.0 Å². The highest BCUT2D eigenvalue weighted by molar-refractivity contribution is 9.11. The number of hydrogen-bond donors (Lipinski definition) is 3. The lowest BCUT2D eigenvalue weighted by molar-refractivity contribution is 0.365. The lowest BCUT2D eigenvalue weighted by Crippen LogP contribution is -2.19. The Morgan fingerprint density at radius 1 is 0.525 bits per heavy atom. The molecule has 0 atom stereocenters. The molecule has 6 nitrogen and oxygen atoms in total. The molecule has 0 unspecified atom stereocenters. The number of rotatable bonds is 8. The summed E-state index contributed by atoms with van der Waals surface area (Å²) in [7, 11) is 12.2. The summed E-state index contributed by atoms with van der Waals surface area (Å²) < 4.78 is 2.54. The van der Waals surface area contributed by atoms with E-state index in [1.165, 1.54) is 5.56 Å². The average Bonchev–Trinajstić information content (AvgIpc) is 2.82. The maximum Gasteiger partial charge on any atom is 0.143 e. The van der Waals surface area contributed by atoms with Crippen molar-refractivity contribution < 1.29 is 15.3 Å². The zero-order valence-electron chi connectivity index (χ0n) is 24.3. The van der Waals surface area contributed by atoms with E-state index in [-0.39, 0.29) is 16.9 Å². The third-order valence-corrected chi connectivity index (χ3v) is 8.69. The molecule has 0 heterocycles. The van der Waals surface area contributed by atoms with Gasteiger partial charge in [-0.1, -0.05) is 13.8 Å². The third kappa shape index (κ3) is 9.44. The first-order valence-electron chi connectivity index (χ1n) is 12.6. The molecule has 0 saturated heterocycles. The number of aromatic hydroxyl groups is 3. The Bertz CT molecular complexity index is 1190. The molecule has 3 N–H and O–H groups in total. The van der Waals surface area contributed by atoms with Gasteiger partial charge in [0.1, 0.15) is 17.2 Å². The van der Waals surface area contributed by atoms with Gasteiger partial charge in [0, 0.05) is 36.2 Å². The number of nitrogens with zero attached hydrogens (tertiary/aromatic N) is 3. The first-order valence-corrected chi connectivity index (χ1v) is 15.8. The van der Waals surface area contributed by atoms with Crippen LogP contribution >= 0.6 is 63.7 Å². The predicted octanol–water partition coefficient (Wildman–Crippen LogP) is 8.05. The minimum Gasteiger partial charge on any atom is -0.507 e. The quantitative estimate of drug-likeness (QED) is 0.214. The molecule has 0 amide bonds. The van der Waals surface area contributed by atoms with Gasteiger partial charge in [-0.25, -0.2) is 0 Å². The molecular weight excluding hydrogens is 770 g/mol. The summed E-state index contributed by atoms with van der Waals surface area (Å²) in [6.07, 6.45) is 0. The summed E-state index contributed by atoms with van der Waals surface area (Å²) in [5, 5.41) is 30.1. The summed E-state index contributed by atoms with van der Waals surface area (Å²) in [4.78, 5) is 6.30. The van der Waals surface area contributed by atoms with Crippen LogP contribution in [0.5, 0.6) is 17.2 Å². The molecule has 0 aliphatic carbocycles. The number of phenols is 3. The topological polar surface area (TPSA) is 70.4 Å². The van der Waals surface area contributed by atoms with E-state index in [0.717, 1.165) is 41.9 Å². The van der Waals surface area contributed by atoms with Crippen LogP contribution in [0.1, 0.15) is 41.7 Å². The van der Waals surface area contributed by atoms with Gasteiger partial charge in [0.25, 0.3) is 0 Å². The van der Waals surface area contributed by atoms with Crippen molar-refractivity contribution in [2.45, 2.75) is 38.9 Å². The van der Waals surface area contributed by atoms with Gasteiger partial charge in [0.05, 0.1) is 17.9 Å². The minimum atomic E-state index is -0.308. The molecule has 3 aromatic carbocycles. The van der Waals surface area contributed by atoms with Crippen molar-refractivity contribution >= 4 is 63.7 Å². The van der Waals surface area contributed by atoms with Crippen LogP contribution in [-0.4, -0.2) is 72.3 Å². The number of hydrogen-bond acceptors (Lipinski definition) is 6. The third-order valence-electron chi connectivity index (χ3n) is 6.28. The average molecular weight is 809 g/mol. The van der Waals surface area contributed by atoms with Crippen molar-refractivity contribution in [3.63, 3.8) is 0 Å². The largest absolute Gasteiger partial charge is 0.507 e. The lowest BCUT2D eigenvalue weighted by Gasteiger charge is -2.27. The van der Waals surface area contributed by atoms with E-state index in [4.69, 9.17) is 0 Å². The number of phenolic OH excluding ortho intramolecular Hbond substituents is 3. The summed E-state index contributed by atoms with van der Waals surface area (Å²) >= 11 is 13.5. The van der Waals surface area contributed by atoms with Gasteiger partial charge < -0.3 is 30.0 Å². The highest BCUT2D eigenvalue weighted by Crippen LogP contribution is 2.43. The van der Waals surface area contributed by atoms with Crippen LogP contribution < -0.4 is 0 Å². The normalized spacial score (nSPS) is 11.8. The number of benzene rings is 3. The van der Waals surface area contributed by atoms with Crippen LogP contribution in [0.15, 0.2) is 54.3 Å². The van der Waals surface area contributed by atoms with Gasteiger partial charge in [-0.15, -0.1) is 0 Å². The Balaban J connectivity index is 0.000000282. The Morgan fingerprint density at radius 3 is 1.10 bits per heavy atom. The molecule has 0 saturated carbocycles. The van der Waals surface area contributed by atoms with Gasteiger partial charge >= 0.3 is 0 Å². The summed E-state index contributed by atoms with van der Waals surface area (Å²) in [6, 6.07) is 11.8. The Morgan fingerprint density at radius 2 is 0.825 bits per heavy atom. The standard InChI is InChI=1S/C15H12Br4O2.C15H27N3O/c1-15(2,7-3-9(16)13(20)10(17)4-7)8-5-11(18)14(21)12(19)6-8;1-16(2)9-12-7-13(10-17(3)4)15(19)14(8-12)11-18(5)6/h3-6,20-21H,1-2H3;7-8,19H,9-11H2,1-6H3. The van der Waals surface area contributed by atoms with E-state index in [2.05, 4.69) is 118 Å². The Labute approximate surface area is 272 Å². The van der Waals surface area contributed by atoms with Crippen molar-refractivity contribution in [2.75, 3.05) is 42.3 Å². The van der Waals surface area contributed by atoms with Crippen molar-refractivity contribution in [1.29, 1.82) is 0 Å². The molecule has 0 aromatic heterocycles. The molecule has 3 aromatic rings. The van der Waals surface area contributed by atoms with E-state index >= 15 is 0 Å². The van der Waals surface area contributed by atoms with Crippen molar-refractivity contribution in [2.24, 2.45) is 0 Å². The fourth-order valence-corrected chi connectivity index (χ4v) is 6.60. The zero-order chi connectivity index (χ0) is 30.5. The van der Waals surface area contributed by atoms with Gasteiger partial charge in [0.2, 0.25) is 0 Å². The lowest BCUT2D eigenvalue weighted by atomic mass is 9.78. The van der Waals surface area contributed by atoms with Gasteiger partial charge in [-0.3, -0.25) is 0 Å². The van der Waals surface area contributed by atoms with E-state index in [1.807, 2.05) is 52.5 Å². The predicted molar refractivity (Wildman–Crippen MR) is 179 cm³/mol. The molecule has 0 spiro atoms. The van der Waals surface area contributed by atoms with Crippen molar-refractivity contribution in [1.82, 2.24) is 14.7 Å². The SMILES string of the molecule is CC(C)(c1cc(Br)c(O)c(Br)c1)c1cc(Br)c(O)c(Br)c1.CN(C)Cc1cc(CN(C)C)c(O)c(CN(C)C)c1. The maximum absolute atomic E-state index is 10.4. The van der Waals surface area contributed by atoms with Gasteiger partial charge in [-0.05, 0) is 159 Å². The van der Waals surface area contributed by atoms with Crippen molar-refractivity contribution in [3.8, 4) is 17.2 Å². The second-order valence-corrected chi connectivity index (χ2v) is 14.6. The molecule has 0 radical (unpaired) electrons. The fraction of sp³-hybridized carbons (Fsp3) is 0.400. The van der Waals surface area contributed by atoms with E-state index < -0.39 is 0 Å². The minimum absolute atomic E-state index is 0.183. The molecule has 0 bridgehead atoms. The molecule has 3 rings (SSSR count). The summed E-state index contributed by atoms with van der Waals surface area (Å²) in [6.45, 7) is 6.58. The molecule has 0 aliphatic heterocycles. The van der Waals surface area contributed by atoms with Crippen molar-refractivity contribution in [3.05, 3.63) is 82.1 Å². The summed E-state index contributed by atoms with van der Waals surface area (Å²) in [5.41, 5.74) is 5.00. The molecule has 40 heavy (non-hydrogen) atoms. The molecule has 10 heteroatoms. The fourth-order valence-electron chi connectivity index (χ4n) is 4.23. The monoisotopic (exact) mass is 805 g/mol. The van der Waals surface area contributed by atoms with E-state index in [0.29, 0.717) is 23.6 Å². The van der Waals surface area contributed by atoms with Gasteiger partial charge in [0.15, 0.2) is 0 Å². The van der Waals surface area contributed by atoms with E-state index in [9.17, 15) is 15.3 Å². The highest BCUT2D eigenvalue weighted by atomic mass is 79.9. The number of halogens is 4. The Hall–Kier alpha value is -1.14. The van der Waals surface area contributed by atoms with Crippen LogP contribution in [0, 0.1) is 0 Å². The second-order valence-electron chi connectivity index (χ2n) is 11.2. The zero-order valence-corrected chi connectivity index (χ0v) is 30.6. The molecule has 0 aliphatic rings. The first-order chi connectivity index (χ1) is 18.4. The molecule has 0 fully saturated rings. The van der Waals surface area contributed by atoms with Crippen LogP contribution in [0.25, 0.3) is 0 Å². The molecule has 220 valence electrons. The van der Waals surface area contributed by atoms with Gasteiger partial charge in [-0.2, -0.15) is 0 Å². The van der Waals surface area contributed by atoms with E-state index in [1.54, 1.807) is 0 Å². The smallest absolute Gasteiger partial charge is 0.143 e. The second kappa shape index (κ2) is 14.8. The highest BCUT2D eigenvalue weighted by Gasteiger charge is 2.26.